The van der Waals surface area contributed by atoms with Gasteiger partial charge in [0.1, 0.15) is 17.7 Å². The molecule has 1 aliphatic carbocycles. The zero-order valence-electron chi connectivity index (χ0n) is 27.3. The average Bonchev–Trinajstić information content (AvgIpc) is 3.49. The molecule has 7 aromatic carbocycles. The van der Waals surface area contributed by atoms with Crippen molar-refractivity contribution < 1.29 is 4.74 Å². The summed E-state index contributed by atoms with van der Waals surface area (Å²) in [5.41, 5.74) is 14.7. The van der Waals surface area contributed by atoms with Crippen LogP contribution in [0.2, 0.25) is 0 Å². The van der Waals surface area contributed by atoms with Crippen molar-refractivity contribution in [2.45, 2.75) is 11.6 Å². The SMILES string of the molecule is C1=C(c2ccc(-c3ccc4c(c3)C3(c5ccccc5O4)c4ccccc4-c4ccccc43)cc2)NC(c2ccccc2)N=C1c1ccccc1. The first-order valence-corrected chi connectivity index (χ1v) is 17.2. The molecular formula is C47H32N2O. The lowest BCUT2D eigenvalue weighted by Crippen LogP contribution is -2.32. The van der Waals surface area contributed by atoms with E-state index in [1.54, 1.807) is 0 Å². The fourth-order valence-corrected chi connectivity index (χ4v) is 8.14. The molecule has 236 valence electrons. The van der Waals surface area contributed by atoms with Crippen LogP contribution in [0.15, 0.2) is 187 Å². The van der Waals surface area contributed by atoms with Crippen molar-refractivity contribution in [2.75, 3.05) is 0 Å². The molecule has 0 saturated heterocycles. The van der Waals surface area contributed by atoms with E-state index in [1.807, 2.05) is 12.1 Å². The van der Waals surface area contributed by atoms with Gasteiger partial charge in [-0.25, -0.2) is 0 Å². The van der Waals surface area contributed by atoms with Crippen LogP contribution >= 0.6 is 0 Å². The van der Waals surface area contributed by atoms with Gasteiger partial charge in [0.15, 0.2) is 0 Å². The zero-order chi connectivity index (χ0) is 33.1. The van der Waals surface area contributed by atoms with Crippen molar-refractivity contribution in [3.63, 3.8) is 0 Å². The molecule has 2 aliphatic heterocycles. The van der Waals surface area contributed by atoms with Gasteiger partial charge < -0.3 is 10.1 Å². The van der Waals surface area contributed by atoms with Crippen LogP contribution in [0, 0.1) is 0 Å². The van der Waals surface area contributed by atoms with Gasteiger partial charge in [0, 0.05) is 16.8 Å². The predicted octanol–water partition coefficient (Wildman–Crippen LogP) is 11.0. The summed E-state index contributed by atoms with van der Waals surface area (Å²) in [6, 6.07) is 62.7. The second-order valence-corrected chi connectivity index (χ2v) is 13.1. The highest BCUT2D eigenvalue weighted by Gasteiger charge is 2.50. The van der Waals surface area contributed by atoms with Crippen LogP contribution in [0.1, 0.15) is 45.1 Å². The maximum atomic E-state index is 6.65. The average molecular weight is 641 g/mol. The number of aliphatic imine (C=N–C) groups is 1. The summed E-state index contributed by atoms with van der Waals surface area (Å²) in [6.07, 6.45) is 1.99. The molecule has 0 radical (unpaired) electrons. The van der Waals surface area contributed by atoms with E-state index >= 15 is 0 Å². The van der Waals surface area contributed by atoms with Crippen LogP contribution in [0.25, 0.3) is 28.0 Å². The standard InChI is InChI=1S/C47H32N2O/c1-3-13-32(14-4-1)42-30-43(49-46(48-42)34-15-5-2-6-16-34)33-25-23-31(24-26-33)35-27-28-45-41(29-35)47(40-21-11-12-22-44(40)50-45)38-19-9-7-17-36(38)37-18-8-10-20-39(37)47/h1-30,46,49H. The molecule has 0 fully saturated rings. The Morgan fingerprint density at radius 3 is 1.74 bits per heavy atom. The zero-order valence-corrected chi connectivity index (χ0v) is 27.3. The Hall–Kier alpha value is -6.45. The summed E-state index contributed by atoms with van der Waals surface area (Å²) in [6.45, 7) is 0. The maximum absolute atomic E-state index is 6.65. The number of ether oxygens (including phenoxy) is 1. The number of benzene rings is 7. The van der Waals surface area contributed by atoms with Crippen LogP contribution < -0.4 is 10.1 Å². The van der Waals surface area contributed by atoms with Crippen LogP contribution in [0.3, 0.4) is 0 Å². The molecule has 1 N–H and O–H groups in total. The Bertz CT molecular complexity index is 2430. The molecule has 0 aromatic heterocycles. The van der Waals surface area contributed by atoms with Gasteiger partial charge in [0.25, 0.3) is 0 Å². The van der Waals surface area contributed by atoms with Crippen molar-refractivity contribution in [1.29, 1.82) is 0 Å². The molecule has 7 aromatic rings. The van der Waals surface area contributed by atoms with E-state index < -0.39 is 5.41 Å². The number of hydrogen-bond acceptors (Lipinski definition) is 3. The van der Waals surface area contributed by atoms with Crippen molar-refractivity contribution in [2.24, 2.45) is 4.99 Å². The van der Waals surface area contributed by atoms with Gasteiger partial charge in [-0.2, -0.15) is 0 Å². The Labute approximate surface area is 291 Å². The third-order valence-corrected chi connectivity index (χ3v) is 10.4. The molecule has 50 heavy (non-hydrogen) atoms. The first kappa shape index (κ1) is 28.6. The van der Waals surface area contributed by atoms with Gasteiger partial charge >= 0.3 is 0 Å². The summed E-state index contributed by atoms with van der Waals surface area (Å²) in [5.74, 6) is 1.80. The van der Waals surface area contributed by atoms with E-state index in [-0.39, 0.29) is 6.17 Å². The number of hydrogen-bond donors (Lipinski definition) is 1. The molecule has 1 spiro atoms. The third kappa shape index (κ3) is 4.33. The monoisotopic (exact) mass is 640 g/mol. The number of fused-ring (bicyclic) bond motifs is 9. The summed E-state index contributed by atoms with van der Waals surface area (Å²) < 4.78 is 6.65. The molecule has 0 saturated carbocycles. The number of para-hydroxylation sites is 1. The lowest BCUT2D eigenvalue weighted by Gasteiger charge is -2.39. The van der Waals surface area contributed by atoms with E-state index in [0.717, 1.165) is 50.7 Å². The number of rotatable bonds is 4. The molecule has 3 aliphatic rings. The van der Waals surface area contributed by atoms with Crippen LogP contribution in [0.4, 0.5) is 0 Å². The van der Waals surface area contributed by atoms with Crippen molar-refractivity contribution in [3.05, 3.63) is 221 Å². The minimum Gasteiger partial charge on any atom is -0.457 e. The van der Waals surface area contributed by atoms with E-state index in [1.165, 1.54) is 33.4 Å². The maximum Gasteiger partial charge on any atom is 0.145 e. The van der Waals surface area contributed by atoms with Gasteiger partial charge in [0.05, 0.1) is 11.1 Å². The van der Waals surface area contributed by atoms with Crippen LogP contribution in [0.5, 0.6) is 11.5 Å². The fourth-order valence-electron chi connectivity index (χ4n) is 8.14. The molecule has 3 heteroatoms. The lowest BCUT2D eigenvalue weighted by molar-refractivity contribution is 0.436. The van der Waals surface area contributed by atoms with Crippen LogP contribution in [-0.2, 0) is 5.41 Å². The number of nitrogens with one attached hydrogen (secondary N) is 1. The highest BCUT2D eigenvalue weighted by Crippen LogP contribution is 2.62. The van der Waals surface area contributed by atoms with E-state index in [0.29, 0.717) is 0 Å². The highest BCUT2D eigenvalue weighted by atomic mass is 16.5. The Morgan fingerprint density at radius 1 is 0.460 bits per heavy atom. The normalized spacial score (nSPS) is 16.1. The molecule has 1 atom stereocenters. The van der Waals surface area contributed by atoms with E-state index in [2.05, 4.69) is 175 Å². The first-order valence-electron chi connectivity index (χ1n) is 17.2. The minimum atomic E-state index is -0.482. The molecule has 10 rings (SSSR count). The van der Waals surface area contributed by atoms with Crippen molar-refractivity contribution >= 4 is 11.4 Å². The number of nitrogens with zero attached hydrogens (tertiary/aromatic N) is 1. The third-order valence-electron chi connectivity index (χ3n) is 10.4. The largest absolute Gasteiger partial charge is 0.457 e. The van der Waals surface area contributed by atoms with Gasteiger partial charge in [-0.05, 0) is 74.3 Å². The van der Waals surface area contributed by atoms with Crippen LogP contribution in [-0.4, -0.2) is 5.71 Å². The van der Waals surface area contributed by atoms with Gasteiger partial charge in [0.2, 0.25) is 0 Å². The lowest BCUT2D eigenvalue weighted by atomic mass is 9.66. The van der Waals surface area contributed by atoms with Gasteiger partial charge in [-0.15, -0.1) is 0 Å². The fraction of sp³-hybridized carbons (Fsp3) is 0.0426. The van der Waals surface area contributed by atoms with Gasteiger partial charge in [-0.1, -0.05) is 158 Å². The second kappa shape index (κ2) is 11.3. The molecule has 1 unspecified atom stereocenters. The Kier molecular flexibility index (Phi) is 6.47. The second-order valence-electron chi connectivity index (χ2n) is 13.1. The Morgan fingerprint density at radius 2 is 1.02 bits per heavy atom. The first-order chi connectivity index (χ1) is 24.8. The van der Waals surface area contributed by atoms with Crippen molar-refractivity contribution in [1.82, 2.24) is 5.32 Å². The highest BCUT2D eigenvalue weighted by molar-refractivity contribution is 6.13. The molecule has 0 bridgehead atoms. The predicted molar refractivity (Wildman–Crippen MR) is 203 cm³/mol. The summed E-state index contributed by atoms with van der Waals surface area (Å²) in [5, 5.41) is 3.70. The molecule has 3 nitrogen and oxygen atoms in total. The molecular weight excluding hydrogens is 609 g/mol. The summed E-state index contributed by atoms with van der Waals surface area (Å²) >= 11 is 0. The summed E-state index contributed by atoms with van der Waals surface area (Å²) in [4.78, 5) is 5.10. The van der Waals surface area contributed by atoms with Gasteiger partial charge in [-0.3, -0.25) is 4.99 Å². The van der Waals surface area contributed by atoms with E-state index in [4.69, 9.17) is 9.73 Å². The Balaban J connectivity index is 1.08. The smallest absolute Gasteiger partial charge is 0.145 e. The molecule has 2 heterocycles. The van der Waals surface area contributed by atoms with Crippen molar-refractivity contribution in [3.8, 4) is 33.8 Å². The summed E-state index contributed by atoms with van der Waals surface area (Å²) in [7, 11) is 0. The minimum absolute atomic E-state index is 0.178. The quantitative estimate of drug-likeness (QED) is 0.208. The van der Waals surface area contributed by atoms with E-state index in [9.17, 15) is 0 Å². The topological polar surface area (TPSA) is 33.6 Å². The number of allylic oxidation sites excluding steroid dienone is 1. The molecule has 0 amide bonds.